The third-order valence-corrected chi connectivity index (χ3v) is 5.21. The highest BCUT2D eigenvalue weighted by Gasteiger charge is 2.34. The predicted octanol–water partition coefficient (Wildman–Crippen LogP) is 3.21. The van der Waals surface area contributed by atoms with E-state index in [0.717, 1.165) is 31.4 Å². The minimum Gasteiger partial charge on any atom is -0.261 e. The monoisotopic (exact) mass is 284 g/mol. The molecule has 0 spiro atoms. The summed E-state index contributed by atoms with van der Waals surface area (Å²) in [7, 11) is -1.08. The van der Waals surface area contributed by atoms with Crippen molar-refractivity contribution >= 4 is 11.0 Å². The molecule has 2 rings (SSSR count). The fourth-order valence-corrected chi connectivity index (χ4v) is 3.86. The predicted molar refractivity (Wildman–Crippen MR) is 75.4 cm³/mol. The van der Waals surface area contributed by atoms with Gasteiger partial charge in [0, 0.05) is 18.8 Å². The molecule has 1 saturated heterocycles. The molecule has 0 aliphatic carbocycles. The molecule has 19 heavy (non-hydrogen) atoms. The van der Waals surface area contributed by atoms with E-state index in [0.29, 0.717) is 0 Å². The molecule has 3 nitrogen and oxygen atoms in total. The van der Waals surface area contributed by atoms with Gasteiger partial charge in [-0.05, 0) is 45.2 Å². The van der Waals surface area contributed by atoms with Crippen molar-refractivity contribution in [3.05, 3.63) is 29.8 Å². The van der Waals surface area contributed by atoms with Gasteiger partial charge < -0.3 is 0 Å². The van der Waals surface area contributed by atoms with E-state index >= 15 is 0 Å². The first-order chi connectivity index (χ1) is 8.89. The van der Waals surface area contributed by atoms with Crippen molar-refractivity contribution in [1.29, 1.82) is 0 Å². The minimum absolute atomic E-state index is 0.0111. The zero-order valence-corrected chi connectivity index (χ0v) is 12.5. The molecular formula is C14H21FN2OS. The summed E-state index contributed by atoms with van der Waals surface area (Å²) < 4.78 is 27.6. The minimum atomic E-state index is -1.08. The second-order valence-corrected chi connectivity index (χ2v) is 8.14. The first-order valence-corrected chi connectivity index (χ1v) is 7.79. The van der Waals surface area contributed by atoms with Gasteiger partial charge in [0.2, 0.25) is 0 Å². The quantitative estimate of drug-likeness (QED) is 0.835. The van der Waals surface area contributed by atoms with Gasteiger partial charge >= 0.3 is 0 Å². The van der Waals surface area contributed by atoms with Crippen LogP contribution in [0.5, 0.6) is 0 Å². The number of halogens is 1. The Morgan fingerprint density at radius 2 is 2.11 bits per heavy atom. The number of rotatable bonds is 2. The van der Waals surface area contributed by atoms with Crippen LogP contribution in [0, 0.1) is 5.82 Å². The van der Waals surface area contributed by atoms with E-state index in [1.54, 1.807) is 6.20 Å². The van der Waals surface area contributed by atoms with E-state index in [1.807, 2.05) is 25.1 Å². The Balaban J connectivity index is 2.28. The fourth-order valence-electron chi connectivity index (χ4n) is 2.40. The highest BCUT2D eigenvalue weighted by Crippen LogP contribution is 2.34. The van der Waals surface area contributed by atoms with Crippen LogP contribution in [-0.2, 0) is 11.0 Å². The highest BCUT2D eigenvalue weighted by molar-refractivity contribution is 7.84. The molecule has 1 aliphatic rings. The molecule has 0 amide bonds. The summed E-state index contributed by atoms with van der Waals surface area (Å²) in [6, 6.07) is 1.52. The molecule has 1 fully saturated rings. The summed E-state index contributed by atoms with van der Waals surface area (Å²) >= 11 is 0. The highest BCUT2D eigenvalue weighted by atomic mass is 32.2. The molecule has 1 aromatic rings. The summed E-state index contributed by atoms with van der Waals surface area (Å²) in [6.45, 7) is 6.71. The smallest absolute Gasteiger partial charge is 0.141 e. The Morgan fingerprint density at radius 1 is 1.37 bits per heavy atom. The van der Waals surface area contributed by atoms with Gasteiger partial charge in [0.15, 0.2) is 0 Å². The first kappa shape index (κ1) is 14.6. The maximum absolute atomic E-state index is 13.3. The van der Waals surface area contributed by atoms with Gasteiger partial charge in [-0.3, -0.25) is 4.98 Å². The van der Waals surface area contributed by atoms with Crippen molar-refractivity contribution in [3.8, 4) is 0 Å². The molecule has 1 aliphatic heterocycles. The van der Waals surface area contributed by atoms with E-state index in [2.05, 4.69) is 4.98 Å². The second kappa shape index (κ2) is 5.67. The Hall–Kier alpha value is -0.810. The molecule has 0 aromatic carbocycles. The molecule has 0 bridgehead atoms. The standard InChI is InChI=1S/C14H21FN2OS/c1-14(2,3)19(18)17-7-5-4-6-13(17)11-8-12(15)10-16-9-11/h8-10,13H,4-7H2,1-3H3/t13-,19-/m1/s1. The van der Waals surface area contributed by atoms with E-state index in [-0.39, 0.29) is 16.6 Å². The number of piperidine rings is 1. The number of pyridine rings is 1. The van der Waals surface area contributed by atoms with E-state index < -0.39 is 11.0 Å². The maximum atomic E-state index is 13.3. The lowest BCUT2D eigenvalue weighted by molar-refractivity contribution is 0.263. The summed E-state index contributed by atoms with van der Waals surface area (Å²) in [4.78, 5) is 3.91. The van der Waals surface area contributed by atoms with Gasteiger partial charge in [-0.1, -0.05) is 6.42 Å². The van der Waals surface area contributed by atoms with Crippen molar-refractivity contribution in [3.63, 3.8) is 0 Å². The molecule has 2 heterocycles. The average Bonchev–Trinajstić information content (AvgIpc) is 2.37. The van der Waals surface area contributed by atoms with Gasteiger partial charge in [-0.2, -0.15) is 0 Å². The molecule has 0 unspecified atom stereocenters. The molecule has 2 atom stereocenters. The van der Waals surface area contributed by atoms with Gasteiger partial charge in [0.1, 0.15) is 16.8 Å². The third-order valence-electron chi connectivity index (χ3n) is 3.30. The molecule has 1 aromatic heterocycles. The van der Waals surface area contributed by atoms with Crippen LogP contribution in [0.1, 0.15) is 51.6 Å². The van der Waals surface area contributed by atoms with Crippen LogP contribution in [0.3, 0.4) is 0 Å². The summed E-state index contributed by atoms with van der Waals surface area (Å²) in [5.74, 6) is -0.329. The average molecular weight is 284 g/mol. The number of nitrogens with zero attached hydrogens (tertiary/aromatic N) is 2. The van der Waals surface area contributed by atoms with Crippen LogP contribution in [0.4, 0.5) is 4.39 Å². The number of hydrogen-bond acceptors (Lipinski definition) is 2. The summed E-state index contributed by atoms with van der Waals surface area (Å²) in [5.41, 5.74) is 0.831. The van der Waals surface area contributed by atoms with E-state index in [1.165, 1.54) is 12.3 Å². The normalized spacial score (nSPS) is 23.3. The molecule has 0 radical (unpaired) electrons. The Morgan fingerprint density at radius 3 is 2.74 bits per heavy atom. The van der Waals surface area contributed by atoms with Gasteiger partial charge in [-0.25, -0.2) is 12.9 Å². The number of hydrogen-bond donors (Lipinski definition) is 0. The molecule has 0 saturated carbocycles. The van der Waals surface area contributed by atoms with Crippen molar-refractivity contribution in [2.75, 3.05) is 6.54 Å². The van der Waals surface area contributed by atoms with Crippen LogP contribution in [0.15, 0.2) is 18.5 Å². The van der Waals surface area contributed by atoms with Crippen LogP contribution >= 0.6 is 0 Å². The van der Waals surface area contributed by atoms with Crippen molar-refractivity contribution < 1.29 is 8.60 Å². The molecule has 106 valence electrons. The zero-order valence-electron chi connectivity index (χ0n) is 11.7. The first-order valence-electron chi connectivity index (χ1n) is 6.68. The van der Waals surface area contributed by atoms with Gasteiger partial charge in [-0.15, -0.1) is 0 Å². The lowest BCUT2D eigenvalue weighted by Gasteiger charge is -2.38. The lowest BCUT2D eigenvalue weighted by atomic mass is 9.99. The lowest BCUT2D eigenvalue weighted by Crippen LogP contribution is -2.42. The SMILES string of the molecule is CC(C)(C)[S@@](=O)N1CCCC[C@@H]1c1cncc(F)c1. The zero-order chi connectivity index (χ0) is 14.0. The largest absolute Gasteiger partial charge is 0.261 e. The van der Waals surface area contributed by atoms with E-state index in [4.69, 9.17) is 0 Å². The van der Waals surface area contributed by atoms with Gasteiger partial charge in [0.05, 0.1) is 10.9 Å². The van der Waals surface area contributed by atoms with E-state index in [9.17, 15) is 8.60 Å². The molecule has 0 N–H and O–H groups in total. The topological polar surface area (TPSA) is 33.2 Å². The second-order valence-electron chi connectivity index (χ2n) is 5.95. The van der Waals surface area contributed by atoms with Crippen LogP contribution < -0.4 is 0 Å². The Labute approximate surface area is 116 Å². The molecular weight excluding hydrogens is 263 g/mol. The summed E-state index contributed by atoms with van der Waals surface area (Å²) in [5, 5.41) is 0. The maximum Gasteiger partial charge on any atom is 0.141 e. The summed E-state index contributed by atoms with van der Waals surface area (Å²) in [6.07, 6.45) is 5.93. The van der Waals surface area contributed by atoms with Crippen LogP contribution in [0.25, 0.3) is 0 Å². The van der Waals surface area contributed by atoms with Crippen molar-refractivity contribution in [2.45, 2.75) is 50.8 Å². The van der Waals surface area contributed by atoms with Crippen LogP contribution in [0.2, 0.25) is 0 Å². The van der Waals surface area contributed by atoms with Crippen molar-refractivity contribution in [1.82, 2.24) is 9.29 Å². The molecule has 5 heteroatoms. The third kappa shape index (κ3) is 3.39. The number of aromatic nitrogens is 1. The van der Waals surface area contributed by atoms with Crippen LogP contribution in [-0.4, -0.2) is 24.8 Å². The Kier molecular flexibility index (Phi) is 4.36. The van der Waals surface area contributed by atoms with Crippen molar-refractivity contribution in [2.24, 2.45) is 0 Å². The Bertz CT molecular complexity index is 473. The fraction of sp³-hybridized carbons (Fsp3) is 0.643. The van der Waals surface area contributed by atoms with Gasteiger partial charge in [0.25, 0.3) is 0 Å².